The topological polar surface area (TPSA) is 35.2 Å². The second-order valence-corrected chi connectivity index (χ2v) is 4.38. The third-order valence-corrected chi connectivity index (χ3v) is 2.93. The fraction of sp³-hybridized carbons (Fsp3) is 0.143. The van der Waals surface area contributed by atoms with Crippen molar-refractivity contribution in [2.75, 3.05) is 0 Å². The van der Waals surface area contributed by atoms with Crippen LogP contribution < -0.4 is 10.5 Å². The number of hydrogen-bond acceptors (Lipinski definition) is 2. The van der Waals surface area contributed by atoms with E-state index < -0.39 is 11.6 Å². The minimum Gasteiger partial charge on any atom is -0.484 e. The first-order valence-corrected chi connectivity index (χ1v) is 6.04. The van der Waals surface area contributed by atoms with Gasteiger partial charge >= 0.3 is 0 Å². The molecular formula is C14H12ClF2NO. The maximum Gasteiger partial charge on any atom is 0.174 e. The summed E-state index contributed by atoms with van der Waals surface area (Å²) < 4.78 is 32.3. The zero-order valence-corrected chi connectivity index (χ0v) is 10.8. The molecule has 0 aliphatic heterocycles. The van der Waals surface area contributed by atoms with Crippen molar-refractivity contribution in [1.82, 2.24) is 0 Å². The van der Waals surface area contributed by atoms with Crippen LogP contribution in [0.15, 0.2) is 36.4 Å². The number of rotatable bonds is 4. The quantitative estimate of drug-likeness (QED) is 0.929. The minimum absolute atomic E-state index is 0.0817. The van der Waals surface area contributed by atoms with Gasteiger partial charge in [0.05, 0.1) is 5.02 Å². The number of halogens is 3. The highest BCUT2D eigenvalue weighted by Gasteiger charge is 2.10. The lowest BCUT2D eigenvalue weighted by Crippen LogP contribution is -2.03. The average molecular weight is 284 g/mol. The van der Waals surface area contributed by atoms with Gasteiger partial charge in [-0.05, 0) is 29.8 Å². The summed E-state index contributed by atoms with van der Waals surface area (Å²) in [6.07, 6.45) is 0. The summed E-state index contributed by atoms with van der Waals surface area (Å²) in [5.41, 5.74) is 6.57. The molecule has 0 aromatic heterocycles. The van der Waals surface area contributed by atoms with Crippen LogP contribution in [0.3, 0.4) is 0 Å². The number of nitrogens with two attached hydrogens (primary N) is 1. The summed E-state index contributed by atoms with van der Waals surface area (Å²) in [6.45, 7) is 0.189. The third-order valence-electron chi connectivity index (χ3n) is 2.64. The molecule has 2 aromatic carbocycles. The van der Waals surface area contributed by atoms with Gasteiger partial charge in [-0.25, -0.2) is 8.78 Å². The highest BCUT2D eigenvalue weighted by atomic mass is 35.5. The summed E-state index contributed by atoms with van der Waals surface area (Å²) in [7, 11) is 0. The molecule has 2 rings (SSSR count). The van der Waals surface area contributed by atoms with Crippen LogP contribution in [0.4, 0.5) is 8.78 Å². The summed E-state index contributed by atoms with van der Waals surface area (Å²) >= 11 is 5.82. The lowest BCUT2D eigenvalue weighted by molar-refractivity contribution is 0.285. The molecular weight excluding hydrogens is 272 g/mol. The summed E-state index contributed by atoms with van der Waals surface area (Å²) in [4.78, 5) is 0. The van der Waals surface area contributed by atoms with Crippen molar-refractivity contribution >= 4 is 11.6 Å². The van der Waals surface area contributed by atoms with Crippen LogP contribution in [0.25, 0.3) is 0 Å². The molecule has 5 heteroatoms. The second kappa shape index (κ2) is 5.99. The van der Waals surface area contributed by atoms with Crippen molar-refractivity contribution in [2.45, 2.75) is 13.2 Å². The molecule has 0 unspecified atom stereocenters. The standard InChI is InChI=1S/C14H12ClF2NO/c15-11-2-1-3-13(17)14(11)19-8-10-6-9(7-18)4-5-12(10)16/h1-6H,7-8,18H2. The van der Waals surface area contributed by atoms with Crippen molar-refractivity contribution in [2.24, 2.45) is 5.73 Å². The SMILES string of the molecule is NCc1ccc(F)c(COc2c(F)cccc2Cl)c1. The number of benzene rings is 2. The van der Waals surface area contributed by atoms with Crippen LogP contribution >= 0.6 is 11.6 Å². The van der Waals surface area contributed by atoms with Gasteiger partial charge in [0.1, 0.15) is 12.4 Å². The number of para-hydroxylation sites is 1. The average Bonchev–Trinajstić information content (AvgIpc) is 2.40. The van der Waals surface area contributed by atoms with Crippen LogP contribution in [0, 0.1) is 11.6 Å². The molecule has 0 heterocycles. The summed E-state index contributed by atoms with van der Waals surface area (Å²) in [6, 6.07) is 8.70. The van der Waals surface area contributed by atoms with E-state index in [1.807, 2.05) is 0 Å². The lowest BCUT2D eigenvalue weighted by Gasteiger charge is -2.10. The van der Waals surface area contributed by atoms with E-state index in [0.717, 1.165) is 5.56 Å². The largest absolute Gasteiger partial charge is 0.484 e. The fourth-order valence-corrected chi connectivity index (χ4v) is 1.85. The maximum atomic E-state index is 13.6. The molecule has 0 aliphatic carbocycles. The van der Waals surface area contributed by atoms with Gasteiger partial charge in [0.15, 0.2) is 11.6 Å². The Hall–Kier alpha value is -1.65. The molecule has 19 heavy (non-hydrogen) atoms. The molecule has 0 spiro atoms. The van der Waals surface area contributed by atoms with Crippen molar-refractivity contribution in [1.29, 1.82) is 0 Å². The molecule has 0 bridgehead atoms. The Bertz CT molecular complexity index is 569. The van der Waals surface area contributed by atoms with E-state index in [0.29, 0.717) is 12.1 Å². The molecule has 0 saturated heterocycles. The highest BCUT2D eigenvalue weighted by Crippen LogP contribution is 2.28. The molecule has 0 radical (unpaired) electrons. The molecule has 0 atom stereocenters. The van der Waals surface area contributed by atoms with E-state index in [-0.39, 0.29) is 17.4 Å². The first-order chi connectivity index (χ1) is 9.11. The number of ether oxygens (including phenoxy) is 1. The van der Waals surface area contributed by atoms with Gasteiger partial charge in [-0.2, -0.15) is 0 Å². The molecule has 2 aromatic rings. The van der Waals surface area contributed by atoms with Gasteiger partial charge in [-0.3, -0.25) is 0 Å². The van der Waals surface area contributed by atoms with Gasteiger partial charge < -0.3 is 10.5 Å². The van der Waals surface area contributed by atoms with Crippen LogP contribution in [-0.4, -0.2) is 0 Å². The zero-order valence-electron chi connectivity index (χ0n) is 10.00. The van der Waals surface area contributed by atoms with Gasteiger partial charge in [0.25, 0.3) is 0 Å². The van der Waals surface area contributed by atoms with Gasteiger partial charge in [-0.1, -0.05) is 23.7 Å². The van der Waals surface area contributed by atoms with Crippen LogP contribution in [0.1, 0.15) is 11.1 Å². The first-order valence-electron chi connectivity index (χ1n) is 5.66. The predicted molar refractivity (Wildman–Crippen MR) is 70.0 cm³/mol. The van der Waals surface area contributed by atoms with E-state index in [4.69, 9.17) is 22.1 Å². The van der Waals surface area contributed by atoms with Crippen molar-refractivity contribution in [3.05, 3.63) is 64.2 Å². The van der Waals surface area contributed by atoms with Crippen molar-refractivity contribution in [3.63, 3.8) is 0 Å². The van der Waals surface area contributed by atoms with Gasteiger partial charge in [0, 0.05) is 12.1 Å². The monoisotopic (exact) mass is 283 g/mol. The van der Waals surface area contributed by atoms with E-state index in [2.05, 4.69) is 0 Å². The van der Waals surface area contributed by atoms with Gasteiger partial charge in [0.2, 0.25) is 0 Å². The van der Waals surface area contributed by atoms with E-state index >= 15 is 0 Å². The van der Waals surface area contributed by atoms with Crippen molar-refractivity contribution < 1.29 is 13.5 Å². The third kappa shape index (κ3) is 3.22. The molecule has 0 saturated carbocycles. The Labute approximate surface area is 114 Å². The van der Waals surface area contributed by atoms with E-state index in [1.54, 1.807) is 12.1 Å². The Morgan fingerprint density at radius 1 is 1.11 bits per heavy atom. The van der Waals surface area contributed by atoms with E-state index in [1.165, 1.54) is 24.3 Å². The van der Waals surface area contributed by atoms with Crippen LogP contribution in [-0.2, 0) is 13.2 Å². The Kier molecular flexibility index (Phi) is 4.35. The summed E-state index contributed by atoms with van der Waals surface area (Å²) in [5, 5.41) is 0.149. The maximum absolute atomic E-state index is 13.6. The smallest absolute Gasteiger partial charge is 0.174 e. The molecule has 0 amide bonds. The van der Waals surface area contributed by atoms with Crippen LogP contribution in [0.5, 0.6) is 5.75 Å². The first kappa shape index (κ1) is 13.8. The predicted octanol–water partition coefficient (Wildman–Crippen LogP) is 3.66. The van der Waals surface area contributed by atoms with E-state index in [9.17, 15) is 8.78 Å². The number of hydrogen-bond donors (Lipinski definition) is 1. The molecule has 2 nitrogen and oxygen atoms in total. The highest BCUT2D eigenvalue weighted by molar-refractivity contribution is 6.32. The fourth-order valence-electron chi connectivity index (χ4n) is 1.64. The Morgan fingerprint density at radius 3 is 2.58 bits per heavy atom. The molecule has 100 valence electrons. The molecule has 2 N–H and O–H groups in total. The normalized spacial score (nSPS) is 10.5. The molecule has 0 fully saturated rings. The minimum atomic E-state index is -0.581. The Morgan fingerprint density at radius 2 is 1.89 bits per heavy atom. The second-order valence-electron chi connectivity index (χ2n) is 3.97. The zero-order chi connectivity index (χ0) is 13.8. The summed E-state index contributed by atoms with van der Waals surface area (Å²) in [5.74, 6) is -1.09. The molecule has 0 aliphatic rings. The van der Waals surface area contributed by atoms with Crippen molar-refractivity contribution in [3.8, 4) is 5.75 Å². The Balaban J connectivity index is 2.19. The van der Waals surface area contributed by atoms with Crippen LogP contribution in [0.2, 0.25) is 5.02 Å². The lowest BCUT2D eigenvalue weighted by atomic mass is 10.1. The van der Waals surface area contributed by atoms with Gasteiger partial charge in [-0.15, -0.1) is 0 Å².